The van der Waals surface area contributed by atoms with E-state index < -0.39 is 42.1 Å². The first-order valence-corrected chi connectivity index (χ1v) is 14.3. The third-order valence-electron chi connectivity index (χ3n) is 6.86. The van der Waals surface area contributed by atoms with Crippen LogP contribution in [0.3, 0.4) is 0 Å². The highest BCUT2D eigenvalue weighted by Gasteiger charge is 2.36. The zero-order valence-corrected chi connectivity index (χ0v) is 25.3. The first kappa shape index (κ1) is 32.1. The van der Waals surface area contributed by atoms with Crippen molar-refractivity contribution in [1.29, 1.82) is 5.26 Å². The van der Waals surface area contributed by atoms with Gasteiger partial charge in [0.1, 0.15) is 30.0 Å². The van der Waals surface area contributed by atoms with Crippen LogP contribution in [-0.4, -0.2) is 46.1 Å². The maximum Gasteiger partial charge on any atom is 0.408 e. The number of anilines is 1. The molecule has 0 saturated carbocycles. The molecule has 2 unspecified atom stereocenters. The third-order valence-corrected chi connectivity index (χ3v) is 6.86. The van der Waals surface area contributed by atoms with Gasteiger partial charge in [-0.25, -0.2) is 4.79 Å². The predicted octanol–water partition coefficient (Wildman–Crippen LogP) is 5.69. The summed E-state index contributed by atoms with van der Waals surface area (Å²) < 4.78 is 5.42. The topological polar surface area (TPSA) is 132 Å². The number of fused-ring (bicyclic) bond motifs is 1. The number of hydrogen-bond acceptors (Lipinski definition) is 6. The quantitative estimate of drug-likeness (QED) is 0.167. The number of phenolic OH excluding ortho intramolecular Hbond substituents is 1. The molecule has 0 aliphatic carbocycles. The van der Waals surface area contributed by atoms with Gasteiger partial charge in [0.25, 0.3) is 5.91 Å². The van der Waals surface area contributed by atoms with Gasteiger partial charge in [0, 0.05) is 17.7 Å². The Bertz CT molecular complexity index is 1760. The Morgan fingerprint density at radius 2 is 1.62 bits per heavy atom. The van der Waals surface area contributed by atoms with Crippen molar-refractivity contribution in [3.8, 4) is 24.2 Å². The Morgan fingerprint density at radius 1 is 0.956 bits per heavy atom. The number of alkyl carbamates (subject to hydrolysis) is 1. The second kappa shape index (κ2) is 14.1. The molecule has 4 rings (SSSR count). The molecule has 0 saturated heterocycles. The Hall–Kier alpha value is -5.80. The van der Waals surface area contributed by atoms with E-state index in [4.69, 9.17) is 11.2 Å². The van der Waals surface area contributed by atoms with Gasteiger partial charge in [0.15, 0.2) is 0 Å². The third kappa shape index (κ3) is 8.62. The highest BCUT2D eigenvalue weighted by molar-refractivity contribution is 6.00. The number of nitrogens with zero attached hydrogens (tertiary/aromatic N) is 2. The fraction of sp³-hybridized carbons (Fsp3) is 0.222. The van der Waals surface area contributed by atoms with Crippen LogP contribution < -0.4 is 10.6 Å². The molecule has 9 nitrogen and oxygen atoms in total. The normalized spacial score (nSPS) is 12.2. The van der Waals surface area contributed by atoms with E-state index in [2.05, 4.69) is 16.6 Å². The molecule has 0 aliphatic rings. The summed E-state index contributed by atoms with van der Waals surface area (Å²) in [6.45, 7) is 4.61. The molecule has 2 atom stereocenters. The molecule has 4 aromatic rings. The second-order valence-corrected chi connectivity index (χ2v) is 11.4. The van der Waals surface area contributed by atoms with Crippen molar-refractivity contribution in [2.75, 3.05) is 11.9 Å². The number of nitriles is 1. The summed E-state index contributed by atoms with van der Waals surface area (Å²) in [6, 6.07) is 25.4. The van der Waals surface area contributed by atoms with E-state index in [0.717, 1.165) is 15.7 Å². The number of terminal acetylenes is 1. The van der Waals surface area contributed by atoms with Crippen LogP contribution in [0, 0.1) is 23.7 Å². The summed E-state index contributed by atoms with van der Waals surface area (Å²) >= 11 is 0. The van der Waals surface area contributed by atoms with Gasteiger partial charge in [0.05, 0.1) is 6.07 Å². The molecule has 4 aromatic carbocycles. The lowest BCUT2D eigenvalue weighted by Crippen LogP contribution is -2.53. The number of phenols is 1. The second-order valence-electron chi connectivity index (χ2n) is 11.4. The van der Waals surface area contributed by atoms with Crippen molar-refractivity contribution < 1.29 is 24.2 Å². The smallest absolute Gasteiger partial charge is 0.408 e. The number of aromatic hydroxyl groups is 1. The highest BCUT2D eigenvalue weighted by atomic mass is 16.6. The molecule has 9 heteroatoms. The number of ether oxygens (including phenoxy) is 1. The summed E-state index contributed by atoms with van der Waals surface area (Å²) in [5.41, 5.74) is 1.26. The number of hydrogen-bond donors (Lipinski definition) is 3. The van der Waals surface area contributed by atoms with Gasteiger partial charge >= 0.3 is 6.09 Å². The highest BCUT2D eigenvalue weighted by Crippen LogP contribution is 2.27. The summed E-state index contributed by atoms with van der Waals surface area (Å²) in [6.07, 6.45) is 4.70. The van der Waals surface area contributed by atoms with Gasteiger partial charge < -0.3 is 25.4 Å². The molecule has 0 bridgehead atoms. The number of rotatable bonds is 9. The standard InChI is InChI=1S/C36H34N4O5/c1-5-24-10-14-27(15-11-24)32(33(42)38-29-17-16-26-8-6-7-9-28(26)23-29)40(21-20-37)34(43)31(39-35(44)45-36(2,3)4)22-25-12-18-30(41)19-13-25/h1,6-19,23,31-32,41H,21-22H2,2-4H3,(H,38,42)(H,39,44). The van der Waals surface area contributed by atoms with Crippen molar-refractivity contribution in [1.82, 2.24) is 10.2 Å². The minimum atomic E-state index is -1.27. The van der Waals surface area contributed by atoms with E-state index in [-0.39, 0.29) is 12.2 Å². The first-order chi connectivity index (χ1) is 21.5. The Kier molecular flexibility index (Phi) is 10.1. The van der Waals surface area contributed by atoms with Crippen molar-refractivity contribution in [3.05, 3.63) is 108 Å². The number of nitrogens with one attached hydrogen (secondary N) is 2. The number of amides is 3. The van der Waals surface area contributed by atoms with E-state index in [9.17, 15) is 24.8 Å². The lowest BCUT2D eigenvalue weighted by Gasteiger charge is -2.33. The van der Waals surface area contributed by atoms with Crippen LogP contribution in [-0.2, 0) is 20.7 Å². The number of benzene rings is 4. The van der Waals surface area contributed by atoms with Gasteiger partial charge in [-0.1, -0.05) is 60.5 Å². The van der Waals surface area contributed by atoms with Crippen LogP contribution >= 0.6 is 0 Å². The van der Waals surface area contributed by atoms with Crippen molar-refractivity contribution in [2.24, 2.45) is 0 Å². The molecule has 228 valence electrons. The Morgan fingerprint density at radius 3 is 2.24 bits per heavy atom. The molecule has 3 N–H and O–H groups in total. The Labute approximate surface area is 262 Å². The van der Waals surface area contributed by atoms with Crippen molar-refractivity contribution in [2.45, 2.75) is 44.9 Å². The van der Waals surface area contributed by atoms with Gasteiger partial charge in [0.2, 0.25) is 5.91 Å². The van der Waals surface area contributed by atoms with E-state index in [1.165, 1.54) is 12.1 Å². The molecular weight excluding hydrogens is 568 g/mol. The summed E-state index contributed by atoms with van der Waals surface area (Å²) in [7, 11) is 0. The average molecular weight is 603 g/mol. The van der Waals surface area contributed by atoms with Crippen LogP contribution in [0.2, 0.25) is 0 Å². The van der Waals surface area contributed by atoms with Crippen LogP contribution in [0.25, 0.3) is 10.8 Å². The molecule has 3 amide bonds. The van der Waals surface area contributed by atoms with E-state index in [1.54, 1.807) is 63.2 Å². The predicted molar refractivity (Wildman–Crippen MR) is 172 cm³/mol. The zero-order valence-electron chi connectivity index (χ0n) is 25.3. The average Bonchev–Trinajstić information content (AvgIpc) is 3.00. The number of carbonyl (C=O) groups is 3. The fourth-order valence-corrected chi connectivity index (χ4v) is 4.80. The van der Waals surface area contributed by atoms with Crippen molar-refractivity contribution >= 4 is 34.4 Å². The van der Waals surface area contributed by atoms with E-state index in [0.29, 0.717) is 22.4 Å². The first-order valence-electron chi connectivity index (χ1n) is 14.3. The summed E-state index contributed by atoms with van der Waals surface area (Å²) in [5.74, 6) is 1.32. The largest absolute Gasteiger partial charge is 0.508 e. The molecule has 45 heavy (non-hydrogen) atoms. The molecule has 0 radical (unpaired) electrons. The van der Waals surface area contributed by atoms with Gasteiger partial charge in [-0.3, -0.25) is 9.59 Å². The molecular formula is C36H34N4O5. The van der Waals surface area contributed by atoms with E-state index in [1.807, 2.05) is 42.5 Å². The molecule has 0 aromatic heterocycles. The number of carbonyl (C=O) groups excluding carboxylic acids is 3. The maximum absolute atomic E-state index is 14.3. The van der Waals surface area contributed by atoms with Crippen LogP contribution in [0.5, 0.6) is 5.75 Å². The molecule has 0 spiro atoms. The van der Waals surface area contributed by atoms with Crippen LogP contribution in [0.1, 0.15) is 43.5 Å². The lowest BCUT2D eigenvalue weighted by atomic mass is 9.99. The van der Waals surface area contributed by atoms with Gasteiger partial charge in [-0.05, 0) is 79.1 Å². The fourth-order valence-electron chi connectivity index (χ4n) is 4.80. The van der Waals surface area contributed by atoms with Crippen LogP contribution in [0.15, 0.2) is 91.0 Å². The maximum atomic E-state index is 14.3. The van der Waals surface area contributed by atoms with E-state index >= 15 is 0 Å². The van der Waals surface area contributed by atoms with Gasteiger partial charge in [-0.2, -0.15) is 5.26 Å². The minimum Gasteiger partial charge on any atom is -0.508 e. The van der Waals surface area contributed by atoms with Gasteiger partial charge in [-0.15, -0.1) is 6.42 Å². The Balaban J connectivity index is 1.74. The molecule has 0 aliphatic heterocycles. The SMILES string of the molecule is C#Cc1ccc(C(C(=O)Nc2ccc3ccccc3c2)N(CC#N)C(=O)C(Cc2ccc(O)cc2)NC(=O)OC(C)(C)C)cc1. The summed E-state index contributed by atoms with van der Waals surface area (Å²) in [4.78, 5) is 42.4. The minimum absolute atomic E-state index is 0.00463. The van der Waals surface area contributed by atoms with Crippen LogP contribution in [0.4, 0.5) is 10.5 Å². The zero-order chi connectivity index (χ0) is 32.6. The molecule has 0 fully saturated rings. The molecule has 0 heterocycles. The van der Waals surface area contributed by atoms with Crippen molar-refractivity contribution in [3.63, 3.8) is 0 Å². The summed E-state index contributed by atoms with van der Waals surface area (Å²) in [5, 5.41) is 27.0. The monoisotopic (exact) mass is 602 g/mol. The lowest BCUT2D eigenvalue weighted by molar-refractivity contribution is -0.140.